The van der Waals surface area contributed by atoms with Crippen molar-refractivity contribution in [1.82, 2.24) is 9.97 Å². The highest BCUT2D eigenvalue weighted by molar-refractivity contribution is 6.30. The Bertz CT molecular complexity index is 616. The third-order valence-electron chi connectivity index (χ3n) is 2.41. The van der Waals surface area contributed by atoms with Crippen LogP contribution < -0.4 is 11.5 Å². The van der Waals surface area contributed by atoms with E-state index < -0.39 is 0 Å². The fourth-order valence-corrected chi connectivity index (χ4v) is 1.81. The molecule has 1 aromatic heterocycles. The summed E-state index contributed by atoms with van der Waals surface area (Å²) in [7, 11) is 0. The van der Waals surface area contributed by atoms with Crippen molar-refractivity contribution in [3.63, 3.8) is 0 Å². The number of anilines is 2. The standard InChI is InChI=1S/C12H10ClN5/c13-8-3-1-7(2-4-8)10-9(5-6-14)17-12(16)18-11(10)15/h1-4H,5H2,(H4,15,16,17,18). The molecule has 0 aliphatic rings. The number of nitrogens with two attached hydrogens (primary N) is 2. The molecule has 2 aromatic rings. The number of nitrogen functional groups attached to an aromatic ring is 2. The van der Waals surface area contributed by atoms with Crippen LogP contribution in [0, 0.1) is 11.3 Å². The van der Waals surface area contributed by atoms with Gasteiger partial charge in [0, 0.05) is 10.6 Å². The first-order chi connectivity index (χ1) is 8.61. The van der Waals surface area contributed by atoms with E-state index in [1.807, 2.05) is 6.07 Å². The molecule has 4 N–H and O–H groups in total. The maximum absolute atomic E-state index is 8.80. The Labute approximate surface area is 109 Å². The highest BCUT2D eigenvalue weighted by Gasteiger charge is 2.13. The van der Waals surface area contributed by atoms with Gasteiger partial charge in [-0.15, -0.1) is 0 Å². The van der Waals surface area contributed by atoms with E-state index in [-0.39, 0.29) is 18.2 Å². The molecule has 0 aliphatic heterocycles. The maximum Gasteiger partial charge on any atom is 0.222 e. The molecule has 0 aliphatic carbocycles. The molecule has 0 atom stereocenters. The highest BCUT2D eigenvalue weighted by atomic mass is 35.5. The van der Waals surface area contributed by atoms with Gasteiger partial charge in [0.15, 0.2) is 0 Å². The van der Waals surface area contributed by atoms with Crippen LogP contribution in [0.5, 0.6) is 0 Å². The van der Waals surface area contributed by atoms with Crippen molar-refractivity contribution in [3.05, 3.63) is 35.0 Å². The smallest absolute Gasteiger partial charge is 0.222 e. The normalized spacial score (nSPS) is 10.0. The minimum atomic E-state index is 0.0652. The molecular formula is C12H10ClN5. The van der Waals surface area contributed by atoms with Crippen LogP contribution in [0.4, 0.5) is 11.8 Å². The van der Waals surface area contributed by atoms with Gasteiger partial charge in [-0.25, -0.2) is 4.98 Å². The molecule has 0 amide bonds. The van der Waals surface area contributed by atoms with Gasteiger partial charge in [-0.05, 0) is 17.7 Å². The number of rotatable bonds is 2. The van der Waals surface area contributed by atoms with Gasteiger partial charge >= 0.3 is 0 Å². The molecule has 0 radical (unpaired) electrons. The van der Waals surface area contributed by atoms with Crippen molar-refractivity contribution in [2.75, 3.05) is 11.5 Å². The first kappa shape index (κ1) is 12.1. The molecule has 0 saturated carbocycles. The van der Waals surface area contributed by atoms with Crippen LogP contribution in [0.25, 0.3) is 11.1 Å². The number of aromatic nitrogens is 2. The largest absolute Gasteiger partial charge is 0.383 e. The van der Waals surface area contributed by atoms with E-state index in [1.54, 1.807) is 24.3 Å². The summed E-state index contributed by atoms with van der Waals surface area (Å²) in [5, 5.41) is 9.42. The second kappa shape index (κ2) is 4.90. The van der Waals surface area contributed by atoms with Crippen molar-refractivity contribution >= 4 is 23.4 Å². The van der Waals surface area contributed by atoms with E-state index in [0.717, 1.165) is 5.56 Å². The summed E-state index contributed by atoms with van der Waals surface area (Å²) >= 11 is 5.83. The van der Waals surface area contributed by atoms with E-state index in [1.165, 1.54) is 0 Å². The zero-order valence-corrected chi connectivity index (χ0v) is 10.1. The van der Waals surface area contributed by atoms with Crippen molar-refractivity contribution in [3.8, 4) is 17.2 Å². The summed E-state index contributed by atoms with van der Waals surface area (Å²) in [5.74, 6) is 0.325. The van der Waals surface area contributed by atoms with E-state index in [0.29, 0.717) is 16.3 Å². The lowest BCUT2D eigenvalue weighted by atomic mass is 10.0. The summed E-state index contributed by atoms with van der Waals surface area (Å²) in [6.07, 6.45) is 0.120. The fourth-order valence-electron chi connectivity index (χ4n) is 1.68. The minimum Gasteiger partial charge on any atom is -0.383 e. The third-order valence-corrected chi connectivity index (χ3v) is 2.66. The average molecular weight is 260 g/mol. The second-order valence-corrected chi connectivity index (χ2v) is 4.07. The monoisotopic (exact) mass is 259 g/mol. The lowest BCUT2D eigenvalue weighted by Gasteiger charge is -2.10. The summed E-state index contributed by atoms with van der Waals surface area (Å²) < 4.78 is 0. The summed E-state index contributed by atoms with van der Waals surface area (Å²) in [6, 6.07) is 9.11. The average Bonchev–Trinajstić information content (AvgIpc) is 2.31. The lowest BCUT2D eigenvalue weighted by Crippen LogP contribution is -2.06. The molecule has 5 nitrogen and oxygen atoms in total. The predicted octanol–water partition coefficient (Wildman–Crippen LogP) is 2.03. The Morgan fingerprint density at radius 1 is 1.17 bits per heavy atom. The minimum absolute atomic E-state index is 0.0652. The van der Waals surface area contributed by atoms with Crippen LogP contribution in [0.2, 0.25) is 5.02 Å². The first-order valence-electron chi connectivity index (χ1n) is 5.16. The van der Waals surface area contributed by atoms with Crippen molar-refractivity contribution in [2.24, 2.45) is 0 Å². The Morgan fingerprint density at radius 2 is 1.83 bits per heavy atom. The Hall–Kier alpha value is -2.32. The van der Waals surface area contributed by atoms with Gasteiger partial charge in [-0.3, -0.25) is 0 Å². The predicted molar refractivity (Wildman–Crippen MR) is 70.6 cm³/mol. The summed E-state index contributed by atoms with van der Waals surface area (Å²) in [6.45, 7) is 0. The van der Waals surface area contributed by atoms with Gasteiger partial charge in [0.25, 0.3) is 0 Å². The SMILES string of the molecule is N#CCc1nc(N)nc(N)c1-c1ccc(Cl)cc1. The molecule has 1 heterocycles. The summed E-state index contributed by atoms with van der Waals surface area (Å²) in [5.41, 5.74) is 13.3. The van der Waals surface area contributed by atoms with Crippen LogP contribution >= 0.6 is 11.6 Å². The van der Waals surface area contributed by atoms with Crippen molar-refractivity contribution in [1.29, 1.82) is 5.26 Å². The molecule has 0 unspecified atom stereocenters. The molecule has 2 rings (SSSR count). The molecule has 0 bridgehead atoms. The lowest BCUT2D eigenvalue weighted by molar-refractivity contribution is 1.08. The van der Waals surface area contributed by atoms with Crippen LogP contribution in [0.15, 0.2) is 24.3 Å². The molecule has 0 saturated heterocycles. The van der Waals surface area contributed by atoms with Crippen LogP contribution in [-0.4, -0.2) is 9.97 Å². The van der Waals surface area contributed by atoms with Gasteiger partial charge in [-0.1, -0.05) is 23.7 Å². The topological polar surface area (TPSA) is 102 Å². The van der Waals surface area contributed by atoms with Gasteiger partial charge < -0.3 is 11.5 Å². The maximum atomic E-state index is 8.80. The first-order valence-corrected chi connectivity index (χ1v) is 5.54. The zero-order chi connectivity index (χ0) is 13.1. The molecular weight excluding hydrogens is 250 g/mol. The number of hydrogen-bond acceptors (Lipinski definition) is 5. The van der Waals surface area contributed by atoms with E-state index in [9.17, 15) is 0 Å². The van der Waals surface area contributed by atoms with Crippen molar-refractivity contribution in [2.45, 2.75) is 6.42 Å². The third kappa shape index (κ3) is 2.34. The van der Waals surface area contributed by atoms with E-state index >= 15 is 0 Å². The highest BCUT2D eigenvalue weighted by Crippen LogP contribution is 2.29. The Morgan fingerprint density at radius 3 is 2.44 bits per heavy atom. The van der Waals surface area contributed by atoms with Gasteiger partial charge in [-0.2, -0.15) is 10.2 Å². The fraction of sp³-hybridized carbons (Fsp3) is 0.0833. The molecule has 0 spiro atoms. The van der Waals surface area contributed by atoms with Crippen LogP contribution in [0.1, 0.15) is 5.69 Å². The Balaban J connectivity index is 2.62. The second-order valence-electron chi connectivity index (χ2n) is 3.63. The number of benzene rings is 1. The Kier molecular flexibility index (Phi) is 3.31. The molecule has 1 aromatic carbocycles. The molecule has 90 valence electrons. The number of hydrogen-bond donors (Lipinski definition) is 2. The zero-order valence-electron chi connectivity index (χ0n) is 9.39. The van der Waals surface area contributed by atoms with Crippen LogP contribution in [-0.2, 0) is 6.42 Å². The molecule has 18 heavy (non-hydrogen) atoms. The van der Waals surface area contributed by atoms with Gasteiger partial charge in [0.05, 0.1) is 18.2 Å². The van der Waals surface area contributed by atoms with Crippen LogP contribution in [0.3, 0.4) is 0 Å². The van der Waals surface area contributed by atoms with Gasteiger partial charge in [0.2, 0.25) is 5.95 Å². The molecule has 0 fully saturated rings. The number of nitrogens with zero attached hydrogens (tertiary/aromatic N) is 3. The van der Waals surface area contributed by atoms with Gasteiger partial charge in [0.1, 0.15) is 5.82 Å². The summed E-state index contributed by atoms with van der Waals surface area (Å²) in [4.78, 5) is 7.97. The quantitative estimate of drug-likeness (QED) is 0.859. The number of nitriles is 1. The van der Waals surface area contributed by atoms with Crippen molar-refractivity contribution < 1.29 is 0 Å². The van der Waals surface area contributed by atoms with E-state index in [2.05, 4.69) is 9.97 Å². The van der Waals surface area contributed by atoms with E-state index in [4.69, 9.17) is 28.3 Å². The number of halogens is 1. The molecule has 6 heteroatoms.